The lowest BCUT2D eigenvalue weighted by Crippen LogP contribution is -2.36. The minimum Gasteiger partial charge on any atom is -0.477 e. The second-order valence-corrected chi connectivity index (χ2v) is 8.70. The van der Waals surface area contributed by atoms with E-state index in [1.165, 1.54) is 0 Å². The monoisotopic (exact) mass is 482 g/mol. The number of ether oxygens (including phenoxy) is 1. The van der Waals surface area contributed by atoms with Crippen LogP contribution in [0.3, 0.4) is 0 Å². The van der Waals surface area contributed by atoms with Gasteiger partial charge in [0.15, 0.2) is 11.3 Å². The SMILES string of the molecule is Cc1nn(-c2cc(Cl)cc(Cl)c2)c2nc(C(=O)O)cc(-c3ccc(N4CCOCC4)cc3)c12. The Morgan fingerprint density at radius 3 is 2.30 bits per heavy atom. The number of hydrogen-bond acceptors (Lipinski definition) is 5. The maximum atomic E-state index is 11.9. The summed E-state index contributed by atoms with van der Waals surface area (Å²) >= 11 is 12.4. The number of pyridine rings is 1. The van der Waals surface area contributed by atoms with Crippen molar-refractivity contribution in [2.75, 3.05) is 31.2 Å². The second-order valence-electron chi connectivity index (χ2n) is 7.83. The minimum atomic E-state index is -1.11. The Morgan fingerprint density at radius 2 is 1.67 bits per heavy atom. The molecule has 0 radical (unpaired) electrons. The molecule has 0 bridgehead atoms. The number of carboxylic acids is 1. The first-order chi connectivity index (χ1) is 15.9. The van der Waals surface area contributed by atoms with Crippen molar-refractivity contribution in [3.63, 3.8) is 0 Å². The molecule has 2 aromatic heterocycles. The molecule has 0 saturated carbocycles. The Morgan fingerprint density at radius 1 is 1.00 bits per heavy atom. The minimum absolute atomic E-state index is 0.0657. The summed E-state index contributed by atoms with van der Waals surface area (Å²) < 4.78 is 7.02. The van der Waals surface area contributed by atoms with E-state index in [-0.39, 0.29) is 5.69 Å². The summed E-state index contributed by atoms with van der Waals surface area (Å²) in [5.74, 6) is -1.11. The van der Waals surface area contributed by atoms with Gasteiger partial charge in [-0.2, -0.15) is 5.10 Å². The third-order valence-corrected chi connectivity index (χ3v) is 6.11. The largest absolute Gasteiger partial charge is 0.477 e. The smallest absolute Gasteiger partial charge is 0.354 e. The molecule has 0 spiro atoms. The average molecular weight is 483 g/mol. The maximum Gasteiger partial charge on any atom is 0.354 e. The number of aromatic carboxylic acids is 1. The Hall–Kier alpha value is -3.13. The van der Waals surface area contributed by atoms with E-state index in [4.69, 9.17) is 27.9 Å². The summed E-state index contributed by atoms with van der Waals surface area (Å²) in [6.45, 7) is 4.98. The fourth-order valence-corrected chi connectivity index (χ4v) is 4.66. The zero-order chi connectivity index (χ0) is 23.1. The molecule has 33 heavy (non-hydrogen) atoms. The van der Waals surface area contributed by atoms with E-state index in [1.54, 1.807) is 28.9 Å². The number of aromatic nitrogens is 3. The van der Waals surface area contributed by atoms with Crippen LogP contribution in [-0.4, -0.2) is 52.1 Å². The topological polar surface area (TPSA) is 80.5 Å². The lowest BCUT2D eigenvalue weighted by Gasteiger charge is -2.29. The van der Waals surface area contributed by atoms with Crippen molar-refractivity contribution in [1.82, 2.24) is 14.8 Å². The van der Waals surface area contributed by atoms with E-state index in [0.717, 1.165) is 41.0 Å². The molecule has 1 saturated heterocycles. The van der Waals surface area contributed by atoms with Crippen molar-refractivity contribution in [3.05, 3.63) is 70.0 Å². The quantitative estimate of drug-likeness (QED) is 0.428. The van der Waals surface area contributed by atoms with E-state index in [2.05, 4.69) is 15.0 Å². The van der Waals surface area contributed by atoms with Crippen LogP contribution in [0, 0.1) is 6.92 Å². The number of halogens is 2. The van der Waals surface area contributed by atoms with Crippen LogP contribution in [0.4, 0.5) is 5.69 Å². The average Bonchev–Trinajstić information content (AvgIpc) is 3.15. The molecule has 0 unspecified atom stereocenters. The van der Waals surface area contributed by atoms with Crippen LogP contribution in [-0.2, 0) is 4.74 Å². The van der Waals surface area contributed by atoms with E-state index >= 15 is 0 Å². The zero-order valence-electron chi connectivity index (χ0n) is 17.8. The Balaban J connectivity index is 1.67. The van der Waals surface area contributed by atoms with Gasteiger partial charge in [0.25, 0.3) is 0 Å². The zero-order valence-corrected chi connectivity index (χ0v) is 19.3. The number of carbonyl (C=O) groups is 1. The van der Waals surface area contributed by atoms with Gasteiger partial charge >= 0.3 is 5.97 Å². The Bertz CT molecular complexity index is 1340. The van der Waals surface area contributed by atoms with Crippen LogP contribution in [0.15, 0.2) is 48.5 Å². The Kier molecular flexibility index (Phi) is 5.70. The van der Waals surface area contributed by atoms with Gasteiger partial charge in [-0.1, -0.05) is 35.3 Å². The van der Waals surface area contributed by atoms with Crippen LogP contribution >= 0.6 is 23.2 Å². The Labute approximate surface area is 200 Å². The van der Waals surface area contributed by atoms with Crippen LogP contribution < -0.4 is 4.90 Å². The highest BCUT2D eigenvalue weighted by Crippen LogP contribution is 2.34. The first-order valence-corrected chi connectivity index (χ1v) is 11.2. The molecule has 1 fully saturated rings. The molecule has 168 valence electrons. The highest BCUT2D eigenvalue weighted by molar-refractivity contribution is 6.34. The number of rotatable bonds is 4. The molecule has 7 nitrogen and oxygen atoms in total. The molecule has 1 aliphatic heterocycles. The van der Waals surface area contributed by atoms with E-state index in [1.807, 2.05) is 31.2 Å². The predicted molar refractivity (Wildman–Crippen MR) is 129 cm³/mol. The normalized spacial score (nSPS) is 14.1. The van der Waals surface area contributed by atoms with Gasteiger partial charge in [0.05, 0.1) is 30.0 Å². The third kappa shape index (κ3) is 4.15. The number of benzene rings is 2. The number of hydrogen-bond donors (Lipinski definition) is 1. The molecule has 3 heterocycles. The van der Waals surface area contributed by atoms with Crippen molar-refractivity contribution < 1.29 is 14.6 Å². The fourth-order valence-electron chi connectivity index (χ4n) is 4.14. The number of nitrogens with zero attached hydrogens (tertiary/aromatic N) is 4. The number of aryl methyl sites for hydroxylation is 1. The number of fused-ring (bicyclic) bond motifs is 1. The third-order valence-electron chi connectivity index (χ3n) is 5.68. The summed E-state index contributed by atoms with van der Waals surface area (Å²) in [4.78, 5) is 18.6. The lowest BCUT2D eigenvalue weighted by atomic mass is 10.0. The van der Waals surface area contributed by atoms with Gasteiger partial charge in [0.1, 0.15) is 0 Å². The molecule has 9 heteroatoms. The molecular weight excluding hydrogens is 463 g/mol. The summed E-state index contributed by atoms with van der Waals surface area (Å²) in [6, 6.07) is 14.7. The molecule has 0 aliphatic carbocycles. The van der Waals surface area contributed by atoms with Gasteiger partial charge in [-0.15, -0.1) is 0 Å². The highest BCUT2D eigenvalue weighted by atomic mass is 35.5. The molecule has 1 N–H and O–H groups in total. The summed E-state index contributed by atoms with van der Waals surface area (Å²) in [6.07, 6.45) is 0. The van der Waals surface area contributed by atoms with Crippen LogP contribution in [0.1, 0.15) is 16.2 Å². The van der Waals surface area contributed by atoms with Gasteiger partial charge in [-0.05, 0) is 54.4 Å². The highest BCUT2D eigenvalue weighted by Gasteiger charge is 2.20. The number of anilines is 1. The first-order valence-electron chi connectivity index (χ1n) is 10.4. The van der Waals surface area contributed by atoms with Crippen LogP contribution in [0.2, 0.25) is 10.0 Å². The molecule has 0 atom stereocenters. The van der Waals surface area contributed by atoms with Crippen molar-refractivity contribution in [2.24, 2.45) is 0 Å². The van der Waals surface area contributed by atoms with Crippen LogP contribution in [0.5, 0.6) is 0 Å². The van der Waals surface area contributed by atoms with Crippen LogP contribution in [0.25, 0.3) is 27.8 Å². The fraction of sp³-hybridized carbons (Fsp3) is 0.208. The predicted octanol–water partition coefficient (Wildman–Crippen LogP) is 5.24. The van der Waals surface area contributed by atoms with Crippen molar-refractivity contribution in [3.8, 4) is 16.8 Å². The van der Waals surface area contributed by atoms with Gasteiger partial charge in [0, 0.05) is 28.8 Å². The summed E-state index contributed by atoms with van der Waals surface area (Å²) in [7, 11) is 0. The standard InChI is InChI=1S/C24H20Cl2N4O3/c1-14-22-20(15-2-4-18(5-3-15)29-6-8-33-9-7-29)13-21(24(31)32)27-23(22)30(28-14)19-11-16(25)10-17(26)12-19/h2-5,10-13H,6-9H2,1H3,(H,31,32). The summed E-state index contributed by atoms with van der Waals surface area (Å²) in [5, 5.41) is 16.1. The van der Waals surface area contributed by atoms with E-state index in [9.17, 15) is 9.90 Å². The van der Waals surface area contributed by atoms with Gasteiger partial charge < -0.3 is 14.7 Å². The maximum absolute atomic E-state index is 11.9. The van der Waals surface area contributed by atoms with E-state index < -0.39 is 5.97 Å². The molecule has 0 amide bonds. The molecule has 2 aromatic carbocycles. The van der Waals surface area contributed by atoms with E-state index in [0.29, 0.717) is 34.6 Å². The van der Waals surface area contributed by atoms with Crippen molar-refractivity contribution in [2.45, 2.75) is 6.92 Å². The van der Waals surface area contributed by atoms with Crippen molar-refractivity contribution >= 4 is 45.9 Å². The molecule has 1 aliphatic rings. The number of carboxylic acid groups (broad SMARTS) is 1. The van der Waals surface area contributed by atoms with Gasteiger partial charge in [-0.3, -0.25) is 0 Å². The second kappa shape index (κ2) is 8.67. The first kappa shape index (κ1) is 21.7. The van der Waals surface area contributed by atoms with Gasteiger partial charge in [0.2, 0.25) is 0 Å². The van der Waals surface area contributed by atoms with Crippen molar-refractivity contribution in [1.29, 1.82) is 0 Å². The molecule has 5 rings (SSSR count). The summed E-state index contributed by atoms with van der Waals surface area (Å²) in [5.41, 5.74) is 4.43. The number of morpholine rings is 1. The lowest BCUT2D eigenvalue weighted by molar-refractivity contribution is 0.0691. The molecule has 4 aromatic rings. The molecular formula is C24H20Cl2N4O3. The van der Waals surface area contributed by atoms with Gasteiger partial charge in [-0.25, -0.2) is 14.5 Å².